The minimum absolute atomic E-state index is 0.0277. The average Bonchev–Trinajstić information content (AvgIpc) is 2.81. The predicted molar refractivity (Wildman–Crippen MR) is 90.9 cm³/mol. The number of carbonyl (C=O) groups excluding carboxylic acids is 1. The van der Waals surface area contributed by atoms with E-state index in [-0.39, 0.29) is 10.8 Å². The van der Waals surface area contributed by atoms with Crippen LogP contribution in [0, 0.1) is 6.92 Å². The molecule has 0 saturated carbocycles. The fourth-order valence-electron chi connectivity index (χ4n) is 2.47. The molecule has 0 aliphatic carbocycles. The summed E-state index contributed by atoms with van der Waals surface area (Å²) in [6.45, 7) is 4.50. The van der Waals surface area contributed by atoms with Crippen LogP contribution < -0.4 is 10.2 Å². The third kappa shape index (κ3) is 2.55. The Hall–Kier alpha value is -2.40. The quantitative estimate of drug-likeness (QED) is 0.802. The molecule has 0 atom stereocenters. The second-order valence-corrected chi connectivity index (χ2v) is 6.06. The molecular weight excluding hydrogens is 296 g/mol. The Bertz CT molecular complexity index is 908. The van der Waals surface area contributed by atoms with Crippen molar-refractivity contribution in [2.24, 2.45) is 0 Å². The number of hydrogen-bond acceptors (Lipinski definition) is 3. The molecule has 0 saturated heterocycles. The van der Waals surface area contributed by atoms with Gasteiger partial charge in [0.2, 0.25) is 0 Å². The molecule has 0 aliphatic rings. The van der Waals surface area contributed by atoms with Crippen molar-refractivity contribution in [3.63, 3.8) is 0 Å². The van der Waals surface area contributed by atoms with E-state index in [0.717, 1.165) is 15.8 Å². The van der Waals surface area contributed by atoms with Crippen LogP contribution in [0.1, 0.15) is 22.8 Å². The van der Waals surface area contributed by atoms with Gasteiger partial charge in [-0.1, -0.05) is 29.5 Å². The molecule has 3 aromatic rings. The molecule has 0 spiro atoms. The first-order valence-corrected chi connectivity index (χ1v) is 7.92. The fraction of sp³-hybridized carbons (Fsp3) is 0.176. The maximum absolute atomic E-state index is 12.3. The number of aryl methyl sites for hydroxylation is 2. The molecular formula is C17H16N2O2S. The standard InChI is InChI=1S/C17H16N2O2S/c1-3-19-14-9-8-12(10-15(14)22-17(19)21)18-16(20)13-7-5-4-6-11(13)2/h4-10H,3H2,1-2H3,(H,18,20). The van der Waals surface area contributed by atoms with E-state index in [4.69, 9.17) is 0 Å². The maximum Gasteiger partial charge on any atom is 0.308 e. The number of aromatic nitrogens is 1. The summed E-state index contributed by atoms with van der Waals surface area (Å²) >= 11 is 1.20. The minimum Gasteiger partial charge on any atom is -0.322 e. The molecule has 1 N–H and O–H groups in total. The highest BCUT2D eigenvalue weighted by Crippen LogP contribution is 2.22. The highest BCUT2D eigenvalue weighted by atomic mass is 32.1. The summed E-state index contributed by atoms with van der Waals surface area (Å²) in [5.41, 5.74) is 3.20. The van der Waals surface area contributed by atoms with Gasteiger partial charge < -0.3 is 5.32 Å². The van der Waals surface area contributed by atoms with Crippen molar-refractivity contribution in [1.29, 1.82) is 0 Å². The Labute approximate surface area is 132 Å². The van der Waals surface area contributed by atoms with E-state index >= 15 is 0 Å². The molecule has 0 bridgehead atoms. The first-order valence-electron chi connectivity index (χ1n) is 7.10. The van der Waals surface area contributed by atoms with Gasteiger partial charge >= 0.3 is 4.87 Å². The lowest BCUT2D eigenvalue weighted by Gasteiger charge is -2.08. The monoisotopic (exact) mass is 312 g/mol. The molecule has 0 unspecified atom stereocenters. The summed E-state index contributed by atoms with van der Waals surface area (Å²) in [5, 5.41) is 2.89. The Morgan fingerprint density at radius 1 is 1.23 bits per heavy atom. The van der Waals surface area contributed by atoms with Gasteiger partial charge in [0.05, 0.1) is 10.2 Å². The smallest absolute Gasteiger partial charge is 0.308 e. The van der Waals surface area contributed by atoms with Crippen LogP contribution >= 0.6 is 11.3 Å². The number of fused-ring (bicyclic) bond motifs is 1. The lowest BCUT2D eigenvalue weighted by molar-refractivity contribution is 0.102. The van der Waals surface area contributed by atoms with Gasteiger partial charge in [0, 0.05) is 17.8 Å². The lowest BCUT2D eigenvalue weighted by Crippen LogP contribution is -2.13. The van der Waals surface area contributed by atoms with Gasteiger partial charge in [-0.05, 0) is 43.7 Å². The molecule has 0 aliphatic heterocycles. The van der Waals surface area contributed by atoms with Crippen molar-refractivity contribution in [2.75, 3.05) is 5.32 Å². The Morgan fingerprint density at radius 2 is 2.00 bits per heavy atom. The molecule has 1 heterocycles. The van der Waals surface area contributed by atoms with Gasteiger partial charge in [0.25, 0.3) is 5.91 Å². The molecule has 3 rings (SSSR count). The zero-order valence-corrected chi connectivity index (χ0v) is 13.2. The van der Waals surface area contributed by atoms with E-state index in [2.05, 4.69) is 5.32 Å². The first kappa shape index (κ1) is 14.5. The lowest BCUT2D eigenvalue weighted by atomic mass is 10.1. The van der Waals surface area contributed by atoms with Crippen LogP contribution in [-0.4, -0.2) is 10.5 Å². The number of benzene rings is 2. The van der Waals surface area contributed by atoms with Gasteiger partial charge in [-0.2, -0.15) is 0 Å². The van der Waals surface area contributed by atoms with Crippen molar-refractivity contribution >= 4 is 33.1 Å². The van der Waals surface area contributed by atoms with Crippen molar-refractivity contribution in [3.8, 4) is 0 Å². The molecule has 0 radical (unpaired) electrons. The van der Waals surface area contributed by atoms with E-state index in [1.165, 1.54) is 11.3 Å². The number of nitrogens with one attached hydrogen (secondary N) is 1. The molecule has 4 nitrogen and oxygen atoms in total. The summed E-state index contributed by atoms with van der Waals surface area (Å²) in [6, 6.07) is 13.0. The predicted octanol–water partition coefficient (Wildman–Crippen LogP) is 3.64. The molecule has 1 amide bonds. The third-order valence-corrected chi connectivity index (χ3v) is 4.57. The number of thiazole rings is 1. The van der Waals surface area contributed by atoms with Crippen molar-refractivity contribution in [2.45, 2.75) is 20.4 Å². The number of amides is 1. The van der Waals surface area contributed by atoms with Gasteiger partial charge in [0.1, 0.15) is 0 Å². The number of nitrogens with zero attached hydrogens (tertiary/aromatic N) is 1. The van der Waals surface area contributed by atoms with Crippen LogP contribution in [0.15, 0.2) is 47.3 Å². The van der Waals surface area contributed by atoms with Crippen LogP contribution in [0.4, 0.5) is 5.69 Å². The molecule has 1 aromatic heterocycles. The summed E-state index contributed by atoms with van der Waals surface area (Å²) in [4.78, 5) is 24.2. The summed E-state index contributed by atoms with van der Waals surface area (Å²) in [7, 11) is 0. The molecule has 5 heteroatoms. The van der Waals surface area contributed by atoms with E-state index in [1.807, 2.05) is 50.2 Å². The average molecular weight is 312 g/mol. The van der Waals surface area contributed by atoms with Gasteiger partial charge in [0.15, 0.2) is 0 Å². The Kier molecular flexibility index (Phi) is 3.81. The van der Waals surface area contributed by atoms with Crippen molar-refractivity contribution in [1.82, 2.24) is 4.57 Å². The number of rotatable bonds is 3. The molecule has 112 valence electrons. The van der Waals surface area contributed by atoms with Crippen molar-refractivity contribution in [3.05, 3.63) is 63.3 Å². The normalized spacial score (nSPS) is 10.8. The minimum atomic E-state index is -0.139. The van der Waals surface area contributed by atoms with E-state index in [9.17, 15) is 9.59 Å². The largest absolute Gasteiger partial charge is 0.322 e. The fourth-order valence-corrected chi connectivity index (χ4v) is 3.46. The van der Waals surface area contributed by atoms with Crippen LogP contribution in [0.5, 0.6) is 0 Å². The van der Waals surface area contributed by atoms with Gasteiger partial charge in [-0.15, -0.1) is 0 Å². The van der Waals surface area contributed by atoms with Crippen molar-refractivity contribution < 1.29 is 4.79 Å². The highest BCUT2D eigenvalue weighted by molar-refractivity contribution is 7.16. The second-order valence-electron chi connectivity index (χ2n) is 5.06. The Balaban J connectivity index is 1.93. The van der Waals surface area contributed by atoms with Crippen LogP contribution in [0.25, 0.3) is 10.2 Å². The van der Waals surface area contributed by atoms with Crippen LogP contribution in [0.3, 0.4) is 0 Å². The molecule has 0 fully saturated rings. The van der Waals surface area contributed by atoms with Crippen LogP contribution in [0.2, 0.25) is 0 Å². The number of carbonyl (C=O) groups is 1. The van der Waals surface area contributed by atoms with E-state index in [1.54, 1.807) is 10.6 Å². The summed E-state index contributed by atoms with van der Waals surface area (Å²) < 4.78 is 2.61. The van der Waals surface area contributed by atoms with Gasteiger partial charge in [-0.25, -0.2) is 0 Å². The maximum atomic E-state index is 12.3. The first-order chi connectivity index (χ1) is 10.6. The SMILES string of the molecule is CCn1c(=O)sc2cc(NC(=O)c3ccccc3C)ccc21. The van der Waals surface area contributed by atoms with Crippen LogP contribution in [-0.2, 0) is 6.54 Å². The van der Waals surface area contributed by atoms with Gasteiger partial charge in [-0.3, -0.25) is 14.2 Å². The summed E-state index contributed by atoms with van der Waals surface area (Å²) in [6.07, 6.45) is 0. The topological polar surface area (TPSA) is 51.1 Å². The zero-order chi connectivity index (χ0) is 15.7. The molecule has 2 aromatic carbocycles. The zero-order valence-electron chi connectivity index (χ0n) is 12.4. The summed E-state index contributed by atoms with van der Waals surface area (Å²) in [5.74, 6) is -0.139. The molecule has 22 heavy (non-hydrogen) atoms. The van der Waals surface area contributed by atoms with E-state index in [0.29, 0.717) is 17.8 Å². The highest BCUT2D eigenvalue weighted by Gasteiger charge is 2.11. The number of hydrogen-bond donors (Lipinski definition) is 1. The second kappa shape index (κ2) is 5.77. The third-order valence-electron chi connectivity index (χ3n) is 3.63. The Morgan fingerprint density at radius 3 is 2.73 bits per heavy atom. The number of anilines is 1. The van der Waals surface area contributed by atoms with E-state index < -0.39 is 0 Å².